The molecule has 0 aromatic carbocycles. The Labute approximate surface area is 74.9 Å². The molecular formula is C9H9F2NO. The average molecular weight is 185 g/mol. The van der Waals surface area contributed by atoms with Gasteiger partial charge in [0.2, 0.25) is 5.95 Å². The van der Waals surface area contributed by atoms with Gasteiger partial charge in [0.15, 0.2) is 5.82 Å². The summed E-state index contributed by atoms with van der Waals surface area (Å²) in [5.41, 5.74) is 0.348. The van der Waals surface area contributed by atoms with Gasteiger partial charge in [0.25, 0.3) is 0 Å². The van der Waals surface area contributed by atoms with E-state index < -0.39 is 11.8 Å². The first-order valence-electron chi connectivity index (χ1n) is 3.78. The molecule has 0 amide bonds. The summed E-state index contributed by atoms with van der Waals surface area (Å²) in [6.07, 6.45) is 1.18. The third-order valence-corrected chi connectivity index (χ3v) is 1.44. The summed E-state index contributed by atoms with van der Waals surface area (Å²) in [7, 11) is 0. The lowest BCUT2D eigenvalue weighted by Crippen LogP contribution is -1.95. The number of hydrogen-bond donors (Lipinski definition) is 0. The molecule has 1 rings (SSSR count). The quantitative estimate of drug-likeness (QED) is 0.532. The molecule has 2 nitrogen and oxygen atoms in total. The van der Waals surface area contributed by atoms with E-state index in [0.29, 0.717) is 12.2 Å². The van der Waals surface area contributed by atoms with E-state index in [1.165, 1.54) is 6.20 Å². The first-order valence-corrected chi connectivity index (χ1v) is 3.78. The summed E-state index contributed by atoms with van der Waals surface area (Å²) < 4.78 is 30.0. The van der Waals surface area contributed by atoms with Crippen LogP contribution < -0.4 is 0 Å². The molecule has 0 atom stereocenters. The predicted molar refractivity (Wildman–Crippen MR) is 44.8 cm³/mol. The van der Waals surface area contributed by atoms with Crippen LogP contribution >= 0.6 is 0 Å². The Hall–Kier alpha value is -1.45. The lowest BCUT2D eigenvalue weighted by molar-refractivity contribution is 0.298. The fourth-order valence-corrected chi connectivity index (χ4v) is 0.831. The van der Waals surface area contributed by atoms with Gasteiger partial charge in [0.1, 0.15) is 5.76 Å². The second kappa shape index (κ2) is 3.98. The van der Waals surface area contributed by atoms with E-state index in [2.05, 4.69) is 11.6 Å². The van der Waals surface area contributed by atoms with Gasteiger partial charge >= 0.3 is 0 Å². The van der Waals surface area contributed by atoms with Gasteiger partial charge in [0, 0.05) is 11.8 Å². The molecule has 0 aliphatic heterocycles. The highest BCUT2D eigenvalue weighted by atomic mass is 19.2. The summed E-state index contributed by atoms with van der Waals surface area (Å²) in [4.78, 5) is 3.20. The maximum Gasteiger partial charge on any atom is 0.248 e. The van der Waals surface area contributed by atoms with Gasteiger partial charge in [-0.15, -0.1) is 0 Å². The Morgan fingerprint density at radius 2 is 2.31 bits per heavy atom. The molecule has 1 heterocycles. The van der Waals surface area contributed by atoms with E-state index >= 15 is 0 Å². The molecule has 0 radical (unpaired) electrons. The molecule has 0 spiro atoms. The van der Waals surface area contributed by atoms with Gasteiger partial charge in [-0.2, -0.15) is 4.39 Å². The molecule has 0 N–H and O–H groups in total. The summed E-state index contributed by atoms with van der Waals surface area (Å²) >= 11 is 0. The maximum absolute atomic E-state index is 12.6. The van der Waals surface area contributed by atoms with Crippen LogP contribution in [0, 0.1) is 11.8 Å². The van der Waals surface area contributed by atoms with Crippen molar-refractivity contribution in [1.29, 1.82) is 0 Å². The van der Waals surface area contributed by atoms with Crippen LogP contribution in [0.2, 0.25) is 0 Å². The second-order valence-electron chi connectivity index (χ2n) is 2.35. The number of aromatic nitrogens is 1. The molecule has 13 heavy (non-hydrogen) atoms. The molecule has 0 saturated heterocycles. The van der Waals surface area contributed by atoms with E-state index in [0.717, 1.165) is 6.07 Å². The number of hydrogen-bond acceptors (Lipinski definition) is 2. The Bertz CT molecular complexity index is 325. The van der Waals surface area contributed by atoms with E-state index in [4.69, 9.17) is 4.74 Å². The molecule has 0 saturated carbocycles. The Kier molecular flexibility index (Phi) is 2.95. The van der Waals surface area contributed by atoms with E-state index in [-0.39, 0.29) is 5.76 Å². The van der Waals surface area contributed by atoms with Crippen LogP contribution in [0.5, 0.6) is 0 Å². The number of nitrogens with zero attached hydrogens (tertiary/aromatic N) is 1. The number of ether oxygens (including phenoxy) is 1. The third kappa shape index (κ3) is 2.24. The fourth-order valence-electron chi connectivity index (χ4n) is 0.831. The summed E-state index contributed by atoms with van der Waals surface area (Å²) in [6.45, 7) is 5.74. The fraction of sp³-hybridized carbons (Fsp3) is 0.222. The van der Waals surface area contributed by atoms with Crippen molar-refractivity contribution in [2.75, 3.05) is 6.61 Å². The first kappa shape index (κ1) is 9.64. The molecule has 0 aliphatic rings. The van der Waals surface area contributed by atoms with Gasteiger partial charge in [-0.25, -0.2) is 9.37 Å². The highest BCUT2D eigenvalue weighted by Crippen LogP contribution is 2.14. The van der Waals surface area contributed by atoms with Crippen molar-refractivity contribution in [3.63, 3.8) is 0 Å². The highest BCUT2D eigenvalue weighted by Gasteiger charge is 2.06. The highest BCUT2D eigenvalue weighted by molar-refractivity contribution is 5.56. The van der Waals surface area contributed by atoms with Crippen LogP contribution in [0.15, 0.2) is 18.8 Å². The minimum atomic E-state index is -1.12. The minimum absolute atomic E-state index is 0.286. The van der Waals surface area contributed by atoms with Crippen molar-refractivity contribution in [2.45, 2.75) is 6.92 Å². The summed E-state index contributed by atoms with van der Waals surface area (Å²) in [6, 6.07) is 1.00. The SMILES string of the molecule is C=C(OCC)c1cnc(F)c(F)c1. The van der Waals surface area contributed by atoms with Gasteiger partial charge in [0.05, 0.1) is 6.61 Å². The molecule has 70 valence electrons. The van der Waals surface area contributed by atoms with Crippen LogP contribution in [-0.2, 0) is 4.74 Å². The third-order valence-electron chi connectivity index (χ3n) is 1.44. The van der Waals surface area contributed by atoms with Crippen molar-refractivity contribution in [1.82, 2.24) is 4.98 Å². The Morgan fingerprint density at radius 3 is 2.85 bits per heavy atom. The van der Waals surface area contributed by atoms with Crippen LogP contribution in [0.25, 0.3) is 5.76 Å². The van der Waals surface area contributed by atoms with Gasteiger partial charge in [-0.1, -0.05) is 6.58 Å². The van der Waals surface area contributed by atoms with Gasteiger partial charge < -0.3 is 4.74 Å². The molecule has 4 heteroatoms. The lowest BCUT2D eigenvalue weighted by atomic mass is 10.2. The zero-order chi connectivity index (χ0) is 9.84. The van der Waals surface area contributed by atoms with Crippen molar-refractivity contribution >= 4 is 5.76 Å². The van der Waals surface area contributed by atoms with E-state index in [1.807, 2.05) is 0 Å². The molecular weight excluding hydrogens is 176 g/mol. The minimum Gasteiger partial charge on any atom is -0.494 e. The standard InChI is InChI=1S/C9H9F2NO/c1-3-13-6(2)7-4-8(10)9(11)12-5-7/h4-5H,2-3H2,1H3. The Balaban J connectivity index is 2.90. The number of pyridine rings is 1. The Morgan fingerprint density at radius 1 is 1.62 bits per heavy atom. The first-order chi connectivity index (χ1) is 6.15. The smallest absolute Gasteiger partial charge is 0.248 e. The topological polar surface area (TPSA) is 22.1 Å². The van der Waals surface area contributed by atoms with Gasteiger partial charge in [-0.3, -0.25) is 0 Å². The van der Waals surface area contributed by atoms with Crippen molar-refractivity contribution in [3.05, 3.63) is 36.2 Å². The normalized spacial score (nSPS) is 9.77. The summed E-state index contributed by atoms with van der Waals surface area (Å²) in [5.74, 6) is -1.83. The monoisotopic (exact) mass is 185 g/mol. The zero-order valence-electron chi connectivity index (χ0n) is 7.18. The predicted octanol–water partition coefficient (Wildman–Crippen LogP) is 2.37. The average Bonchev–Trinajstić information content (AvgIpc) is 2.10. The molecule has 0 aliphatic carbocycles. The van der Waals surface area contributed by atoms with Crippen molar-refractivity contribution < 1.29 is 13.5 Å². The second-order valence-corrected chi connectivity index (χ2v) is 2.35. The number of rotatable bonds is 3. The summed E-state index contributed by atoms with van der Waals surface area (Å²) in [5, 5.41) is 0. The van der Waals surface area contributed by atoms with Crippen molar-refractivity contribution in [2.24, 2.45) is 0 Å². The van der Waals surface area contributed by atoms with Crippen LogP contribution in [0.4, 0.5) is 8.78 Å². The van der Waals surface area contributed by atoms with Crippen molar-refractivity contribution in [3.8, 4) is 0 Å². The zero-order valence-corrected chi connectivity index (χ0v) is 7.18. The molecule has 0 bridgehead atoms. The van der Waals surface area contributed by atoms with Crippen LogP contribution in [-0.4, -0.2) is 11.6 Å². The maximum atomic E-state index is 12.6. The molecule has 1 aromatic heterocycles. The number of halogens is 2. The lowest BCUT2D eigenvalue weighted by Gasteiger charge is -2.05. The molecule has 1 aromatic rings. The van der Waals surface area contributed by atoms with E-state index in [1.54, 1.807) is 6.92 Å². The van der Waals surface area contributed by atoms with E-state index in [9.17, 15) is 8.78 Å². The molecule has 0 unspecified atom stereocenters. The largest absolute Gasteiger partial charge is 0.494 e. The van der Waals surface area contributed by atoms with Crippen LogP contribution in [0.3, 0.4) is 0 Å². The van der Waals surface area contributed by atoms with Gasteiger partial charge in [-0.05, 0) is 13.0 Å². The molecule has 0 fully saturated rings. The van der Waals surface area contributed by atoms with Crippen LogP contribution in [0.1, 0.15) is 12.5 Å².